The molecule has 5 heterocycles. The summed E-state index contributed by atoms with van der Waals surface area (Å²) >= 11 is 3.75. The van der Waals surface area contributed by atoms with Crippen molar-refractivity contribution in [1.82, 2.24) is 14.4 Å². The Labute approximate surface area is 183 Å². The molecule has 0 bridgehead atoms. The van der Waals surface area contributed by atoms with Crippen LogP contribution in [0.1, 0.15) is 0 Å². The van der Waals surface area contributed by atoms with Crippen LogP contribution in [0.2, 0.25) is 0 Å². The second-order valence-corrected chi connectivity index (χ2v) is 10.0. The van der Waals surface area contributed by atoms with Gasteiger partial charge in [0.05, 0.1) is 11.0 Å². The molecular weight excluding hydrogens is 418 g/mol. The van der Waals surface area contributed by atoms with Gasteiger partial charge in [0.2, 0.25) is 0 Å². The van der Waals surface area contributed by atoms with Gasteiger partial charge in [-0.15, -0.1) is 22.7 Å². The summed E-state index contributed by atoms with van der Waals surface area (Å²) in [5.74, 6) is 0. The summed E-state index contributed by atoms with van der Waals surface area (Å²) in [7, 11) is 0. The van der Waals surface area contributed by atoms with E-state index in [2.05, 4.69) is 70.2 Å². The molecule has 0 aliphatic heterocycles. The minimum Gasteiger partial charge on any atom is -0.299 e. The van der Waals surface area contributed by atoms with E-state index in [1.165, 1.54) is 45.7 Å². The minimum absolute atomic E-state index is 0.959. The first-order valence-electron chi connectivity index (χ1n) is 10.2. The number of thiophene rings is 2. The molecule has 0 saturated heterocycles. The minimum atomic E-state index is 0.959. The van der Waals surface area contributed by atoms with Crippen molar-refractivity contribution < 1.29 is 0 Å². The molecule has 0 N–H and O–H groups in total. The van der Waals surface area contributed by atoms with Gasteiger partial charge in [-0.1, -0.05) is 18.2 Å². The van der Waals surface area contributed by atoms with Crippen molar-refractivity contribution in [2.45, 2.75) is 0 Å². The van der Waals surface area contributed by atoms with Crippen LogP contribution in [0.25, 0.3) is 67.8 Å². The third kappa shape index (κ3) is 1.93. The molecule has 8 rings (SSSR count). The lowest BCUT2D eigenvalue weighted by Crippen LogP contribution is -1.92. The van der Waals surface area contributed by atoms with Gasteiger partial charge in [0.15, 0.2) is 0 Å². The Morgan fingerprint density at radius 2 is 1.32 bits per heavy atom. The van der Waals surface area contributed by atoms with E-state index in [9.17, 15) is 0 Å². The average Bonchev–Trinajstić information content (AvgIpc) is 3.53. The number of imidazole rings is 1. The first kappa shape index (κ1) is 16.2. The summed E-state index contributed by atoms with van der Waals surface area (Å²) < 4.78 is 7.51. The van der Waals surface area contributed by atoms with E-state index in [4.69, 9.17) is 4.98 Å². The van der Waals surface area contributed by atoms with Crippen LogP contribution in [-0.2, 0) is 0 Å². The Hall–Kier alpha value is -3.54. The topological polar surface area (TPSA) is 30.2 Å². The van der Waals surface area contributed by atoms with E-state index >= 15 is 0 Å². The van der Waals surface area contributed by atoms with Gasteiger partial charge >= 0.3 is 0 Å². The van der Waals surface area contributed by atoms with Crippen LogP contribution in [-0.4, -0.2) is 14.4 Å². The van der Waals surface area contributed by atoms with E-state index in [0.29, 0.717) is 0 Å². The fourth-order valence-corrected chi connectivity index (χ4v) is 7.31. The number of hydrogen-bond donors (Lipinski definition) is 0. The third-order valence-corrected chi connectivity index (χ3v) is 8.56. The molecule has 0 spiro atoms. The lowest BCUT2D eigenvalue weighted by Gasteiger charge is -2.09. The standard InChI is InChI=1S/C26H13N3S2/c1-2-6-17-14(4-1)21-18(30-17)9-10-20-23(21)24-19(31-20)8-7-16-22(24)25-15(5-3-11-27-25)26-28-12-13-29(16)26/h1-13H. The molecule has 0 amide bonds. The van der Waals surface area contributed by atoms with Crippen LogP contribution in [0.3, 0.4) is 0 Å². The van der Waals surface area contributed by atoms with E-state index in [1.54, 1.807) is 0 Å². The smallest absolute Gasteiger partial charge is 0.146 e. The molecule has 144 valence electrons. The van der Waals surface area contributed by atoms with Crippen molar-refractivity contribution in [3.63, 3.8) is 0 Å². The molecule has 3 aromatic carbocycles. The highest BCUT2D eigenvalue weighted by Gasteiger charge is 2.19. The zero-order valence-corrected chi connectivity index (χ0v) is 17.8. The molecule has 0 aliphatic carbocycles. The van der Waals surface area contributed by atoms with E-state index in [0.717, 1.165) is 22.1 Å². The summed E-state index contributed by atoms with van der Waals surface area (Å²) in [5.41, 5.74) is 3.14. The summed E-state index contributed by atoms with van der Waals surface area (Å²) in [4.78, 5) is 9.50. The fourth-order valence-electron chi connectivity index (χ4n) is 5.08. The maximum absolute atomic E-state index is 4.86. The molecular formula is C26H13N3S2. The van der Waals surface area contributed by atoms with E-state index < -0.39 is 0 Å². The van der Waals surface area contributed by atoms with E-state index in [-0.39, 0.29) is 0 Å². The number of hydrogen-bond acceptors (Lipinski definition) is 4. The van der Waals surface area contributed by atoms with Gasteiger partial charge in [0, 0.05) is 69.7 Å². The van der Waals surface area contributed by atoms with Crippen LogP contribution < -0.4 is 0 Å². The van der Waals surface area contributed by atoms with Gasteiger partial charge < -0.3 is 0 Å². The molecule has 0 saturated carbocycles. The lowest BCUT2D eigenvalue weighted by atomic mass is 10.0. The molecule has 8 aromatic rings. The van der Waals surface area contributed by atoms with Gasteiger partial charge in [-0.2, -0.15) is 0 Å². The van der Waals surface area contributed by atoms with Crippen molar-refractivity contribution in [2.75, 3.05) is 0 Å². The normalized spacial score (nSPS) is 12.5. The van der Waals surface area contributed by atoms with Gasteiger partial charge in [-0.3, -0.25) is 9.38 Å². The highest BCUT2D eigenvalue weighted by molar-refractivity contribution is 7.28. The average molecular weight is 432 g/mol. The molecule has 0 unspecified atom stereocenters. The van der Waals surface area contributed by atoms with Crippen molar-refractivity contribution in [2.24, 2.45) is 0 Å². The van der Waals surface area contributed by atoms with Crippen molar-refractivity contribution in [1.29, 1.82) is 0 Å². The summed E-state index contributed by atoms with van der Waals surface area (Å²) in [6.07, 6.45) is 5.83. The fraction of sp³-hybridized carbons (Fsp3) is 0. The van der Waals surface area contributed by atoms with E-state index in [1.807, 2.05) is 41.1 Å². The van der Waals surface area contributed by atoms with Gasteiger partial charge in [0.25, 0.3) is 0 Å². The summed E-state index contributed by atoms with van der Waals surface area (Å²) in [6.45, 7) is 0. The molecule has 0 aliphatic rings. The van der Waals surface area contributed by atoms with Crippen LogP contribution >= 0.6 is 22.7 Å². The number of pyridine rings is 2. The molecule has 3 nitrogen and oxygen atoms in total. The predicted octanol–water partition coefficient (Wildman–Crippen LogP) is 7.77. The number of benzene rings is 3. The molecule has 5 aromatic heterocycles. The number of nitrogens with zero attached hydrogens (tertiary/aromatic N) is 3. The van der Waals surface area contributed by atoms with Gasteiger partial charge in [-0.05, 0) is 42.5 Å². The molecule has 0 atom stereocenters. The van der Waals surface area contributed by atoms with Crippen LogP contribution in [0.15, 0.2) is 79.3 Å². The van der Waals surface area contributed by atoms with Crippen molar-refractivity contribution >= 4 is 90.5 Å². The third-order valence-electron chi connectivity index (χ3n) is 6.31. The zero-order valence-electron chi connectivity index (χ0n) is 16.2. The highest BCUT2D eigenvalue weighted by Crippen LogP contribution is 2.47. The molecule has 0 radical (unpaired) electrons. The SMILES string of the molecule is c1ccc2c(c1)sc1ccc3sc4ccc5c(c6ncccc6c6nccn56)c4c3c12. The Bertz CT molecular complexity index is 2010. The molecule has 0 fully saturated rings. The highest BCUT2D eigenvalue weighted by atomic mass is 32.1. The Balaban J connectivity index is 1.78. The van der Waals surface area contributed by atoms with Crippen LogP contribution in [0, 0.1) is 0 Å². The maximum Gasteiger partial charge on any atom is 0.146 e. The number of aromatic nitrogens is 3. The number of rotatable bonds is 0. The lowest BCUT2D eigenvalue weighted by molar-refractivity contribution is 1.27. The summed E-state index contributed by atoms with van der Waals surface area (Å²) in [6, 6.07) is 21.9. The first-order valence-corrected chi connectivity index (χ1v) is 11.8. The Morgan fingerprint density at radius 1 is 0.581 bits per heavy atom. The van der Waals surface area contributed by atoms with Crippen LogP contribution in [0.5, 0.6) is 0 Å². The van der Waals surface area contributed by atoms with Crippen molar-refractivity contribution in [3.05, 3.63) is 79.3 Å². The second kappa shape index (κ2) is 5.58. The second-order valence-electron chi connectivity index (χ2n) is 7.87. The molecule has 5 heteroatoms. The number of fused-ring (bicyclic) bond motifs is 14. The molecule has 31 heavy (non-hydrogen) atoms. The van der Waals surface area contributed by atoms with Gasteiger partial charge in [-0.25, -0.2) is 4.98 Å². The van der Waals surface area contributed by atoms with Crippen molar-refractivity contribution in [3.8, 4) is 0 Å². The Kier molecular flexibility index (Phi) is 2.91. The first-order chi connectivity index (χ1) is 15.4. The Morgan fingerprint density at radius 3 is 2.26 bits per heavy atom. The maximum atomic E-state index is 4.86. The van der Waals surface area contributed by atoms with Gasteiger partial charge in [0.1, 0.15) is 5.65 Å². The van der Waals surface area contributed by atoms with Crippen LogP contribution in [0.4, 0.5) is 0 Å². The zero-order chi connectivity index (χ0) is 20.1. The summed E-state index contributed by atoms with van der Waals surface area (Å²) in [5, 5.41) is 7.68. The quantitative estimate of drug-likeness (QED) is 0.230. The predicted molar refractivity (Wildman–Crippen MR) is 134 cm³/mol. The largest absolute Gasteiger partial charge is 0.299 e. The monoisotopic (exact) mass is 431 g/mol.